The number of hydrogen-bond acceptors (Lipinski definition) is 4. The SMILES string of the molecule is COc1ccccc1S(=O)(=O)Nc1ccc([C@H](C#N)c2ccccc2)c(Cl)c1. The molecule has 0 bridgehead atoms. The van der Waals surface area contributed by atoms with E-state index in [2.05, 4.69) is 10.8 Å². The fourth-order valence-electron chi connectivity index (χ4n) is 2.84. The summed E-state index contributed by atoms with van der Waals surface area (Å²) >= 11 is 6.38. The molecule has 3 rings (SSSR count). The van der Waals surface area contributed by atoms with Crippen molar-refractivity contribution in [2.75, 3.05) is 11.8 Å². The molecule has 0 aliphatic carbocycles. The second kappa shape index (κ2) is 8.34. The van der Waals surface area contributed by atoms with Crippen LogP contribution in [-0.2, 0) is 10.0 Å². The first-order valence-corrected chi connectivity index (χ1v) is 10.2. The molecule has 0 saturated carbocycles. The van der Waals surface area contributed by atoms with Crippen molar-refractivity contribution in [3.05, 3.63) is 88.9 Å². The van der Waals surface area contributed by atoms with Crippen LogP contribution in [0.2, 0.25) is 5.02 Å². The summed E-state index contributed by atoms with van der Waals surface area (Å²) in [5.74, 6) is -0.306. The number of anilines is 1. The highest BCUT2D eigenvalue weighted by atomic mass is 35.5. The van der Waals surface area contributed by atoms with Crippen LogP contribution in [-0.4, -0.2) is 15.5 Å². The molecule has 5 nitrogen and oxygen atoms in total. The Hall–Kier alpha value is -3.01. The smallest absolute Gasteiger partial charge is 0.265 e. The zero-order valence-electron chi connectivity index (χ0n) is 15.0. The van der Waals surface area contributed by atoms with Crippen molar-refractivity contribution in [2.45, 2.75) is 10.8 Å². The molecule has 0 radical (unpaired) electrons. The monoisotopic (exact) mass is 412 g/mol. The molecule has 7 heteroatoms. The van der Waals surface area contributed by atoms with E-state index in [9.17, 15) is 13.7 Å². The third-order valence-electron chi connectivity index (χ3n) is 4.18. The zero-order valence-corrected chi connectivity index (χ0v) is 16.5. The Morgan fingerprint density at radius 3 is 2.36 bits per heavy atom. The summed E-state index contributed by atoms with van der Waals surface area (Å²) in [6.07, 6.45) is 0. The quantitative estimate of drug-likeness (QED) is 0.630. The summed E-state index contributed by atoms with van der Waals surface area (Å²) in [6, 6.07) is 22.6. The third kappa shape index (κ3) is 4.11. The van der Waals surface area contributed by atoms with Crippen molar-refractivity contribution in [1.82, 2.24) is 0 Å². The van der Waals surface area contributed by atoms with E-state index < -0.39 is 15.9 Å². The fourth-order valence-corrected chi connectivity index (χ4v) is 4.36. The highest BCUT2D eigenvalue weighted by Crippen LogP contribution is 2.33. The van der Waals surface area contributed by atoms with Gasteiger partial charge in [-0.2, -0.15) is 5.26 Å². The summed E-state index contributed by atoms with van der Waals surface area (Å²) in [7, 11) is -2.45. The van der Waals surface area contributed by atoms with Crippen LogP contribution in [0.5, 0.6) is 5.75 Å². The van der Waals surface area contributed by atoms with Crippen LogP contribution in [0.4, 0.5) is 5.69 Å². The second-order valence-electron chi connectivity index (χ2n) is 5.97. The van der Waals surface area contributed by atoms with Gasteiger partial charge in [0, 0.05) is 5.02 Å². The standard InChI is InChI=1S/C21H17ClN2O3S/c1-27-20-9-5-6-10-21(20)28(25,26)24-16-11-12-17(19(22)13-16)18(14-23)15-7-3-2-4-8-15/h2-13,18,24H,1H3/t18-/m1/s1. The van der Waals surface area contributed by atoms with Gasteiger partial charge in [0.1, 0.15) is 10.6 Å². The molecule has 142 valence electrons. The molecule has 0 saturated heterocycles. The van der Waals surface area contributed by atoms with Gasteiger partial charge in [0.15, 0.2) is 0 Å². The molecule has 0 aliphatic heterocycles. The van der Waals surface area contributed by atoms with Gasteiger partial charge >= 0.3 is 0 Å². The van der Waals surface area contributed by atoms with E-state index in [0.29, 0.717) is 16.3 Å². The van der Waals surface area contributed by atoms with Gasteiger partial charge in [-0.25, -0.2) is 8.42 Å². The molecule has 0 heterocycles. The summed E-state index contributed by atoms with van der Waals surface area (Å²) in [5.41, 5.74) is 1.72. The van der Waals surface area contributed by atoms with Crippen LogP contribution in [0.1, 0.15) is 17.0 Å². The number of para-hydroxylation sites is 1. The van der Waals surface area contributed by atoms with Crippen LogP contribution in [0.15, 0.2) is 77.7 Å². The van der Waals surface area contributed by atoms with Gasteiger partial charge < -0.3 is 4.74 Å². The first kappa shape index (κ1) is 19.7. The maximum atomic E-state index is 12.7. The van der Waals surface area contributed by atoms with Crippen LogP contribution in [0.3, 0.4) is 0 Å². The number of sulfonamides is 1. The highest BCUT2D eigenvalue weighted by Gasteiger charge is 2.21. The van der Waals surface area contributed by atoms with E-state index in [1.54, 1.807) is 30.3 Å². The maximum Gasteiger partial charge on any atom is 0.265 e. The summed E-state index contributed by atoms with van der Waals surface area (Å²) < 4.78 is 33.0. The van der Waals surface area contributed by atoms with Gasteiger partial charge in [-0.05, 0) is 35.4 Å². The van der Waals surface area contributed by atoms with Crippen molar-refractivity contribution in [3.63, 3.8) is 0 Å². The normalized spacial score (nSPS) is 12.0. The summed E-state index contributed by atoms with van der Waals surface area (Å²) in [6.45, 7) is 0. The Labute approximate surface area is 169 Å². The van der Waals surface area contributed by atoms with E-state index in [4.69, 9.17) is 16.3 Å². The van der Waals surface area contributed by atoms with Crippen molar-refractivity contribution in [1.29, 1.82) is 5.26 Å². The largest absolute Gasteiger partial charge is 0.495 e. The zero-order chi connectivity index (χ0) is 20.1. The molecule has 28 heavy (non-hydrogen) atoms. The molecule has 0 aromatic heterocycles. The van der Waals surface area contributed by atoms with Crippen molar-refractivity contribution >= 4 is 27.3 Å². The number of rotatable bonds is 6. The van der Waals surface area contributed by atoms with Crippen molar-refractivity contribution < 1.29 is 13.2 Å². The lowest BCUT2D eigenvalue weighted by atomic mass is 9.92. The second-order valence-corrected chi connectivity index (χ2v) is 8.02. The summed E-state index contributed by atoms with van der Waals surface area (Å²) in [5, 5.41) is 9.89. The van der Waals surface area contributed by atoms with Gasteiger partial charge in [0.2, 0.25) is 0 Å². The van der Waals surface area contributed by atoms with Crippen LogP contribution >= 0.6 is 11.6 Å². The van der Waals surface area contributed by atoms with Gasteiger partial charge in [0.05, 0.1) is 24.8 Å². The van der Waals surface area contributed by atoms with Crippen molar-refractivity contribution in [2.24, 2.45) is 0 Å². The Morgan fingerprint density at radius 2 is 1.71 bits per heavy atom. The first-order chi connectivity index (χ1) is 13.5. The third-order valence-corrected chi connectivity index (χ3v) is 5.93. The number of hydrogen-bond donors (Lipinski definition) is 1. The predicted octanol–water partition coefficient (Wildman–Crippen LogP) is 4.80. The number of nitrogens with zero attached hydrogens (tertiary/aromatic N) is 1. The minimum atomic E-state index is -3.86. The number of nitrogens with one attached hydrogen (secondary N) is 1. The molecule has 1 N–H and O–H groups in total. The average Bonchev–Trinajstić information content (AvgIpc) is 2.70. The lowest BCUT2D eigenvalue weighted by Crippen LogP contribution is -2.14. The molecule has 0 amide bonds. The number of benzene rings is 3. The van der Waals surface area contributed by atoms with E-state index in [-0.39, 0.29) is 10.6 Å². The molecule has 0 spiro atoms. The first-order valence-electron chi connectivity index (χ1n) is 8.36. The molecular formula is C21H17ClN2O3S. The van der Waals surface area contributed by atoms with E-state index in [0.717, 1.165) is 5.56 Å². The summed E-state index contributed by atoms with van der Waals surface area (Å²) in [4.78, 5) is 0.0249. The minimum absolute atomic E-state index is 0.0249. The molecule has 1 atom stereocenters. The highest BCUT2D eigenvalue weighted by molar-refractivity contribution is 7.92. The number of nitriles is 1. The van der Waals surface area contributed by atoms with Crippen LogP contribution in [0, 0.1) is 11.3 Å². The predicted molar refractivity (Wildman–Crippen MR) is 109 cm³/mol. The Morgan fingerprint density at radius 1 is 1.04 bits per heavy atom. The number of halogens is 1. The van der Waals surface area contributed by atoms with E-state index in [1.807, 2.05) is 30.3 Å². The Balaban J connectivity index is 1.92. The molecule has 3 aromatic rings. The Kier molecular flexibility index (Phi) is 5.88. The van der Waals surface area contributed by atoms with Crippen molar-refractivity contribution in [3.8, 4) is 11.8 Å². The molecular weight excluding hydrogens is 396 g/mol. The number of methoxy groups -OCH3 is 1. The lowest BCUT2D eigenvalue weighted by Gasteiger charge is -2.15. The fraction of sp³-hybridized carbons (Fsp3) is 0.0952. The van der Waals surface area contributed by atoms with Gasteiger partial charge in [-0.15, -0.1) is 0 Å². The molecule has 3 aromatic carbocycles. The molecule has 0 unspecified atom stereocenters. The molecule has 0 fully saturated rings. The van der Waals surface area contributed by atoms with Crippen LogP contribution < -0.4 is 9.46 Å². The van der Waals surface area contributed by atoms with Crippen LogP contribution in [0.25, 0.3) is 0 Å². The topological polar surface area (TPSA) is 79.2 Å². The molecule has 0 aliphatic rings. The lowest BCUT2D eigenvalue weighted by molar-refractivity contribution is 0.403. The van der Waals surface area contributed by atoms with Gasteiger partial charge in [-0.1, -0.05) is 60.1 Å². The number of ether oxygens (including phenoxy) is 1. The van der Waals surface area contributed by atoms with E-state index in [1.165, 1.54) is 19.2 Å². The van der Waals surface area contributed by atoms with Gasteiger partial charge in [0.25, 0.3) is 10.0 Å². The maximum absolute atomic E-state index is 12.7. The van der Waals surface area contributed by atoms with Gasteiger partial charge in [-0.3, -0.25) is 4.72 Å². The van der Waals surface area contributed by atoms with E-state index >= 15 is 0 Å². The minimum Gasteiger partial charge on any atom is -0.495 e. The average molecular weight is 413 g/mol. The Bertz CT molecular complexity index is 1130.